The van der Waals surface area contributed by atoms with Gasteiger partial charge in [-0.05, 0) is 31.9 Å². The standard InChI is InChI=1S/C14H19F2N/c1-17-14(10-5-3-2-4-6-10)12-8-7-11(15)9-13(12)16/h7-10,14,17H,2-6H2,1H3. The van der Waals surface area contributed by atoms with Crippen LogP contribution in [0.25, 0.3) is 0 Å². The first-order chi connectivity index (χ1) is 8.22. The lowest BCUT2D eigenvalue weighted by Crippen LogP contribution is -2.27. The summed E-state index contributed by atoms with van der Waals surface area (Å²) < 4.78 is 26.7. The molecular weight excluding hydrogens is 220 g/mol. The summed E-state index contributed by atoms with van der Waals surface area (Å²) in [4.78, 5) is 0. The molecule has 1 aromatic rings. The third kappa shape index (κ3) is 2.83. The third-order valence-corrected chi connectivity index (χ3v) is 3.73. The summed E-state index contributed by atoms with van der Waals surface area (Å²) in [5.74, 6) is -0.478. The first kappa shape index (κ1) is 12.5. The molecule has 0 aliphatic heterocycles. The Morgan fingerprint density at radius 1 is 1.18 bits per heavy atom. The molecule has 2 rings (SSSR count). The Morgan fingerprint density at radius 3 is 2.47 bits per heavy atom. The highest BCUT2D eigenvalue weighted by molar-refractivity contribution is 5.23. The van der Waals surface area contributed by atoms with E-state index in [1.165, 1.54) is 25.3 Å². The van der Waals surface area contributed by atoms with Gasteiger partial charge in [0, 0.05) is 17.7 Å². The Morgan fingerprint density at radius 2 is 1.88 bits per heavy atom. The molecule has 1 aromatic carbocycles. The van der Waals surface area contributed by atoms with Gasteiger partial charge in [-0.25, -0.2) is 8.78 Å². The molecule has 17 heavy (non-hydrogen) atoms. The van der Waals surface area contributed by atoms with Crippen LogP contribution >= 0.6 is 0 Å². The van der Waals surface area contributed by atoms with Crippen molar-refractivity contribution in [3.05, 3.63) is 35.4 Å². The van der Waals surface area contributed by atoms with E-state index in [2.05, 4.69) is 5.32 Å². The van der Waals surface area contributed by atoms with E-state index in [0.717, 1.165) is 18.9 Å². The maximum Gasteiger partial charge on any atom is 0.130 e. The second kappa shape index (κ2) is 5.58. The van der Waals surface area contributed by atoms with Crippen molar-refractivity contribution in [2.24, 2.45) is 5.92 Å². The van der Waals surface area contributed by atoms with Gasteiger partial charge in [-0.2, -0.15) is 0 Å². The van der Waals surface area contributed by atoms with E-state index in [9.17, 15) is 8.78 Å². The predicted octanol–water partition coefficient (Wildman–Crippen LogP) is 3.81. The van der Waals surface area contributed by atoms with Gasteiger partial charge in [0.15, 0.2) is 0 Å². The average molecular weight is 239 g/mol. The molecule has 0 heterocycles. The highest BCUT2D eigenvalue weighted by atomic mass is 19.1. The van der Waals surface area contributed by atoms with Crippen LogP contribution in [0, 0.1) is 17.6 Å². The van der Waals surface area contributed by atoms with Crippen molar-refractivity contribution in [2.45, 2.75) is 38.1 Å². The van der Waals surface area contributed by atoms with Gasteiger partial charge in [0.25, 0.3) is 0 Å². The zero-order chi connectivity index (χ0) is 12.3. The molecule has 94 valence electrons. The molecule has 1 saturated carbocycles. The Balaban J connectivity index is 2.21. The summed E-state index contributed by atoms with van der Waals surface area (Å²) in [6.07, 6.45) is 5.96. The van der Waals surface area contributed by atoms with Crippen molar-refractivity contribution in [3.8, 4) is 0 Å². The molecule has 0 spiro atoms. The molecule has 0 radical (unpaired) electrons. The highest BCUT2D eigenvalue weighted by Gasteiger charge is 2.25. The van der Waals surface area contributed by atoms with E-state index in [-0.39, 0.29) is 6.04 Å². The zero-order valence-corrected chi connectivity index (χ0v) is 10.2. The lowest BCUT2D eigenvalue weighted by atomic mass is 9.81. The van der Waals surface area contributed by atoms with Gasteiger partial charge in [0.2, 0.25) is 0 Å². The second-order valence-corrected chi connectivity index (χ2v) is 4.83. The van der Waals surface area contributed by atoms with Gasteiger partial charge in [-0.1, -0.05) is 25.3 Å². The van der Waals surface area contributed by atoms with E-state index < -0.39 is 11.6 Å². The summed E-state index contributed by atoms with van der Waals surface area (Å²) in [6, 6.07) is 3.89. The molecule has 1 nitrogen and oxygen atoms in total. The Labute approximate surface area is 101 Å². The Kier molecular flexibility index (Phi) is 4.11. The van der Waals surface area contributed by atoms with Crippen molar-refractivity contribution in [3.63, 3.8) is 0 Å². The van der Waals surface area contributed by atoms with Crippen LogP contribution in [-0.4, -0.2) is 7.05 Å². The first-order valence-electron chi connectivity index (χ1n) is 6.34. The van der Waals surface area contributed by atoms with Gasteiger partial charge in [0.1, 0.15) is 11.6 Å². The minimum absolute atomic E-state index is 0.0101. The molecule has 0 amide bonds. The Bertz CT molecular complexity index is 372. The average Bonchev–Trinajstić information content (AvgIpc) is 2.34. The molecule has 0 saturated heterocycles. The Hall–Kier alpha value is -0.960. The monoisotopic (exact) mass is 239 g/mol. The van der Waals surface area contributed by atoms with Crippen molar-refractivity contribution < 1.29 is 8.78 Å². The van der Waals surface area contributed by atoms with Crippen molar-refractivity contribution >= 4 is 0 Å². The minimum Gasteiger partial charge on any atom is -0.313 e. The van der Waals surface area contributed by atoms with E-state index in [1.807, 2.05) is 7.05 Å². The highest BCUT2D eigenvalue weighted by Crippen LogP contribution is 2.35. The van der Waals surface area contributed by atoms with Gasteiger partial charge >= 0.3 is 0 Å². The number of hydrogen-bond acceptors (Lipinski definition) is 1. The summed E-state index contributed by atoms with van der Waals surface area (Å²) in [6.45, 7) is 0. The molecule has 1 fully saturated rings. The van der Waals surface area contributed by atoms with Gasteiger partial charge in [0.05, 0.1) is 0 Å². The van der Waals surface area contributed by atoms with Crippen LogP contribution < -0.4 is 5.32 Å². The van der Waals surface area contributed by atoms with Crippen LogP contribution in [0.3, 0.4) is 0 Å². The number of nitrogens with one attached hydrogen (secondary N) is 1. The maximum absolute atomic E-state index is 13.8. The maximum atomic E-state index is 13.8. The SMILES string of the molecule is CNC(c1ccc(F)cc1F)C1CCCCC1. The number of benzene rings is 1. The topological polar surface area (TPSA) is 12.0 Å². The summed E-state index contributed by atoms with van der Waals surface area (Å²) in [7, 11) is 1.85. The first-order valence-corrected chi connectivity index (χ1v) is 6.34. The molecule has 0 aromatic heterocycles. The zero-order valence-electron chi connectivity index (χ0n) is 10.2. The van der Waals surface area contributed by atoms with Gasteiger partial charge in [-0.15, -0.1) is 0 Å². The van der Waals surface area contributed by atoms with E-state index in [1.54, 1.807) is 6.07 Å². The summed E-state index contributed by atoms with van der Waals surface area (Å²) in [5, 5.41) is 3.19. The van der Waals surface area contributed by atoms with Gasteiger partial charge < -0.3 is 5.32 Å². The molecule has 1 aliphatic rings. The van der Waals surface area contributed by atoms with Crippen LogP contribution in [0.2, 0.25) is 0 Å². The second-order valence-electron chi connectivity index (χ2n) is 4.83. The van der Waals surface area contributed by atoms with Crippen molar-refractivity contribution in [2.75, 3.05) is 7.05 Å². The van der Waals surface area contributed by atoms with E-state index in [0.29, 0.717) is 11.5 Å². The fraction of sp³-hybridized carbons (Fsp3) is 0.571. The molecule has 0 bridgehead atoms. The summed E-state index contributed by atoms with van der Waals surface area (Å²) >= 11 is 0. The van der Waals surface area contributed by atoms with Crippen molar-refractivity contribution in [1.29, 1.82) is 0 Å². The molecule has 3 heteroatoms. The number of halogens is 2. The molecular formula is C14H19F2N. The van der Waals surface area contributed by atoms with E-state index in [4.69, 9.17) is 0 Å². The lowest BCUT2D eigenvalue weighted by molar-refractivity contribution is 0.276. The fourth-order valence-electron chi connectivity index (χ4n) is 2.87. The largest absolute Gasteiger partial charge is 0.313 e. The van der Waals surface area contributed by atoms with Crippen LogP contribution in [0.1, 0.15) is 43.7 Å². The molecule has 1 unspecified atom stereocenters. The van der Waals surface area contributed by atoms with Crippen LogP contribution in [0.5, 0.6) is 0 Å². The third-order valence-electron chi connectivity index (χ3n) is 3.73. The summed E-state index contributed by atoms with van der Waals surface area (Å²) in [5.41, 5.74) is 0.598. The minimum atomic E-state index is -0.509. The quantitative estimate of drug-likeness (QED) is 0.845. The van der Waals surface area contributed by atoms with Gasteiger partial charge in [-0.3, -0.25) is 0 Å². The van der Waals surface area contributed by atoms with Crippen LogP contribution in [0.4, 0.5) is 8.78 Å². The van der Waals surface area contributed by atoms with Crippen molar-refractivity contribution in [1.82, 2.24) is 5.32 Å². The van der Waals surface area contributed by atoms with Crippen LogP contribution in [0.15, 0.2) is 18.2 Å². The molecule has 1 N–H and O–H groups in total. The molecule has 1 aliphatic carbocycles. The molecule has 1 atom stereocenters. The fourth-order valence-corrected chi connectivity index (χ4v) is 2.87. The predicted molar refractivity (Wildman–Crippen MR) is 64.7 cm³/mol. The number of hydrogen-bond donors (Lipinski definition) is 1. The lowest BCUT2D eigenvalue weighted by Gasteiger charge is -2.30. The smallest absolute Gasteiger partial charge is 0.130 e. The van der Waals surface area contributed by atoms with E-state index >= 15 is 0 Å². The normalized spacial score (nSPS) is 19.2. The number of rotatable bonds is 3. The van der Waals surface area contributed by atoms with Crippen LogP contribution in [-0.2, 0) is 0 Å².